The van der Waals surface area contributed by atoms with Crippen molar-refractivity contribution < 1.29 is 11.3 Å². The topological polar surface area (TPSA) is 29.3 Å². The van der Waals surface area contributed by atoms with Crippen molar-refractivity contribution in [3.63, 3.8) is 0 Å². The third-order valence-corrected chi connectivity index (χ3v) is 2.10. The summed E-state index contributed by atoms with van der Waals surface area (Å²) in [6.45, 7) is 8.80. The van der Waals surface area contributed by atoms with Gasteiger partial charge in [0.25, 0.3) is 0 Å². The molecule has 0 rings (SSSR count). The van der Waals surface area contributed by atoms with E-state index >= 15 is 0 Å². The molecular formula is C10H24Br2CuN2. The van der Waals surface area contributed by atoms with Crippen molar-refractivity contribution in [3.8, 4) is 0 Å². The molecule has 0 aromatic heterocycles. The molecule has 0 aliphatic carbocycles. The number of nitrogens with two attached hydrogens (primary N) is 1. The zero-order chi connectivity index (χ0) is 11.9. The maximum atomic E-state index is 5.53. The standard InChI is InChI=1S/C10H24N2.2BrH.Cu/c1-3-5-8-12(10-7-11)9-6-4-2;;;/h3-11H2,1-2H3;2*1H;/q;;;+2/p-2. The van der Waals surface area contributed by atoms with Gasteiger partial charge >= 0.3 is 39.6 Å². The molecule has 15 heavy (non-hydrogen) atoms. The normalized spacial score (nSPS) is 10.3. The van der Waals surface area contributed by atoms with Crippen molar-refractivity contribution in [2.45, 2.75) is 39.5 Å². The van der Waals surface area contributed by atoms with E-state index in [1.807, 2.05) is 0 Å². The molecular weight excluding hydrogens is 371 g/mol. The second-order valence-electron chi connectivity index (χ2n) is 3.38. The van der Waals surface area contributed by atoms with Gasteiger partial charge in [0, 0.05) is 13.1 Å². The first kappa shape index (κ1) is 18.8. The van der Waals surface area contributed by atoms with Crippen LogP contribution in [0.3, 0.4) is 0 Å². The molecule has 0 saturated carbocycles. The Balaban J connectivity index is 0. The Hall–Kier alpha value is 1.40. The van der Waals surface area contributed by atoms with Crippen LogP contribution in [0.5, 0.6) is 0 Å². The van der Waals surface area contributed by atoms with E-state index in [9.17, 15) is 0 Å². The Bertz CT molecular complexity index is 99.4. The summed E-state index contributed by atoms with van der Waals surface area (Å²) in [5.74, 6) is 0. The third kappa shape index (κ3) is 18.0. The quantitative estimate of drug-likeness (QED) is 0.637. The van der Waals surface area contributed by atoms with Gasteiger partial charge in [-0.3, -0.25) is 0 Å². The van der Waals surface area contributed by atoms with E-state index < -0.39 is 0 Å². The van der Waals surface area contributed by atoms with Gasteiger partial charge in [-0.1, -0.05) is 26.7 Å². The van der Waals surface area contributed by atoms with Gasteiger partial charge in [0.15, 0.2) is 0 Å². The van der Waals surface area contributed by atoms with Gasteiger partial charge in [0.05, 0.1) is 0 Å². The molecule has 0 heterocycles. The number of unbranched alkanes of at least 4 members (excludes halogenated alkanes) is 2. The summed E-state index contributed by atoms with van der Waals surface area (Å²) in [5, 5.41) is 0. The first-order chi connectivity index (χ1) is 7.26. The van der Waals surface area contributed by atoms with Gasteiger partial charge in [-0.05, 0) is 25.9 Å². The predicted octanol–water partition coefficient (Wildman–Crippen LogP) is 3.54. The number of halogens is 2. The van der Waals surface area contributed by atoms with Crippen LogP contribution >= 0.6 is 28.2 Å². The van der Waals surface area contributed by atoms with E-state index in [1.165, 1.54) is 50.1 Å². The Morgan fingerprint density at radius 3 is 1.67 bits per heavy atom. The van der Waals surface area contributed by atoms with Crippen LogP contribution in [0.1, 0.15) is 39.5 Å². The van der Waals surface area contributed by atoms with E-state index in [-0.39, 0.29) is 0 Å². The number of rotatable bonds is 8. The summed E-state index contributed by atoms with van der Waals surface area (Å²) >= 11 is 7.38. The molecule has 0 atom stereocenters. The van der Waals surface area contributed by atoms with Gasteiger partial charge in [0.2, 0.25) is 0 Å². The fraction of sp³-hybridized carbons (Fsp3) is 1.00. The molecule has 99 valence electrons. The van der Waals surface area contributed by atoms with Crippen molar-refractivity contribution >= 4 is 28.2 Å². The summed E-state index contributed by atoms with van der Waals surface area (Å²) in [7, 11) is 0. The van der Waals surface area contributed by atoms with Gasteiger partial charge in [0.1, 0.15) is 0 Å². The fourth-order valence-electron chi connectivity index (χ4n) is 1.28. The maximum absolute atomic E-state index is 5.53. The molecule has 0 bridgehead atoms. The predicted molar refractivity (Wildman–Crippen MR) is 73.2 cm³/mol. The van der Waals surface area contributed by atoms with Gasteiger partial charge in [-0.25, -0.2) is 0 Å². The zero-order valence-corrected chi connectivity index (χ0v) is 13.9. The van der Waals surface area contributed by atoms with Crippen LogP contribution in [0.2, 0.25) is 0 Å². The average molecular weight is 396 g/mol. The molecule has 0 unspecified atom stereocenters. The van der Waals surface area contributed by atoms with Crippen LogP contribution in [0.15, 0.2) is 0 Å². The third-order valence-electron chi connectivity index (χ3n) is 2.10. The molecule has 0 fully saturated rings. The van der Waals surface area contributed by atoms with Gasteiger partial charge < -0.3 is 10.6 Å². The minimum atomic E-state index is 0.799. The van der Waals surface area contributed by atoms with Crippen molar-refractivity contribution in [3.05, 3.63) is 0 Å². The van der Waals surface area contributed by atoms with Gasteiger partial charge in [-0.2, -0.15) is 0 Å². The Morgan fingerprint density at radius 2 is 1.40 bits per heavy atom. The van der Waals surface area contributed by atoms with E-state index in [2.05, 4.69) is 47.0 Å². The molecule has 0 aromatic rings. The number of hydrogen-bond acceptors (Lipinski definition) is 2. The van der Waals surface area contributed by atoms with Crippen LogP contribution in [-0.4, -0.2) is 31.1 Å². The van der Waals surface area contributed by atoms with Crippen molar-refractivity contribution in [1.29, 1.82) is 0 Å². The second-order valence-corrected chi connectivity index (χ2v) is 8.13. The number of hydrogen-bond donors (Lipinski definition) is 1. The molecule has 0 radical (unpaired) electrons. The minimum absolute atomic E-state index is 0.799. The Labute approximate surface area is 115 Å². The average Bonchev–Trinajstić information content (AvgIpc) is 2.23. The van der Waals surface area contributed by atoms with E-state index in [1.54, 1.807) is 0 Å². The first-order valence-corrected chi connectivity index (χ1v) is 10.2. The molecule has 0 aliphatic rings. The molecule has 0 amide bonds. The summed E-state index contributed by atoms with van der Waals surface area (Å²) in [6.07, 6.45) is 5.19. The molecule has 2 N–H and O–H groups in total. The van der Waals surface area contributed by atoms with Crippen LogP contribution < -0.4 is 5.73 Å². The first-order valence-electron chi connectivity index (χ1n) is 5.50. The Kier molecular flexibility index (Phi) is 22.2. The molecule has 0 saturated heterocycles. The van der Waals surface area contributed by atoms with Crippen LogP contribution in [0.4, 0.5) is 0 Å². The van der Waals surface area contributed by atoms with Crippen molar-refractivity contribution in [2.75, 3.05) is 26.2 Å². The van der Waals surface area contributed by atoms with E-state index in [0.29, 0.717) is 0 Å². The second kappa shape index (κ2) is 17.8. The van der Waals surface area contributed by atoms with Crippen LogP contribution in [-0.2, 0) is 11.3 Å². The monoisotopic (exact) mass is 393 g/mol. The summed E-state index contributed by atoms with van der Waals surface area (Å²) in [6, 6.07) is 0. The summed E-state index contributed by atoms with van der Waals surface area (Å²) in [5.41, 5.74) is 5.53. The van der Waals surface area contributed by atoms with E-state index in [0.717, 1.165) is 13.1 Å². The molecule has 0 aliphatic heterocycles. The summed E-state index contributed by atoms with van der Waals surface area (Å²) < 4.78 is 0. The zero-order valence-electron chi connectivity index (χ0n) is 9.74. The van der Waals surface area contributed by atoms with E-state index in [4.69, 9.17) is 5.73 Å². The fourth-order valence-corrected chi connectivity index (χ4v) is 1.28. The Morgan fingerprint density at radius 1 is 1.00 bits per heavy atom. The van der Waals surface area contributed by atoms with Gasteiger partial charge in [-0.15, -0.1) is 0 Å². The van der Waals surface area contributed by atoms with Crippen LogP contribution in [0.25, 0.3) is 0 Å². The summed E-state index contributed by atoms with van der Waals surface area (Å²) in [4.78, 5) is 2.48. The molecule has 0 aromatic carbocycles. The SMILES string of the molecule is CCCCN(CCN)CCCC.[Br][Cu][Br]. The van der Waals surface area contributed by atoms with Crippen molar-refractivity contribution in [1.82, 2.24) is 4.90 Å². The molecule has 0 spiro atoms. The van der Waals surface area contributed by atoms with Crippen LogP contribution in [0, 0.1) is 0 Å². The number of nitrogens with zero attached hydrogens (tertiary/aromatic N) is 1. The molecule has 2 nitrogen and oxygen atoms in total. The van der Waals surface area contributed by atoms with Crippen molar-refractivity contribution in [2.24, 2.45) is 5.73 Å². The molecule has 5 heteroatoms.